The van der Waals surface area contributed by atoms with Gasteiger partial charge < -0.3 is 0 Å². The van der Waals surface area contributed by atoms with Crippen LogP contribution in [0.1, 0.15) is 12.7 Å². The number of aromatic nitrogens is 6. The molecule has 0 aliphatic heterocycles. The van der Waals surface area contributed by atoms with Crippen molar-refractivity contribution in [1.29, 1.82) is 0 Å². The average molecular weight is 1740 g/mol. The molecule has 23 aromatic carbocycles. The predicted octanol–water partition coefficient (Wildman–Crippen LogP) is 35.1. The SMILES string of the molecule is CCc1nc2cccc3c4cc(-c5c6ccccc6c(-c6ccc(-c7ccccc7)cc6)c6ccccc56)ccc4n1c23.c1ccc(-c2c3ccccc3c(-c3ccccc3)c3cc(-c4cc5nc(-c6ccccc6)n6c7ccccc7c(c4)c56)ccc23)cc1.c1ccc(-c2c3ccccc3c(-c3ccccc3)c3cc(-c4ccc(-c5nc6cccc7c8ccccc8n5c67)cc4)ccc23)cc1. The Hall–Kier alpha value is -18.0. The van der Waals surface area contributed by atoms with Crippen LogP contribution in [0.4, 0.5) is 0 Å². The van der Waals surface area contributed by atoms with E-state index in [2.05, 4.69) is 499 Å². The highest BCUT2D eigenvalue weighted by Gasteiger charge is 2.27. The van der Waals surface area contributed by atoms with Crippen molar-refractivity contribution in [3.8, 4) is 123 Å². The number of imidazole rings is 3. The number of nitrogens with zero attached hydrogens (tertiary/aromatic N) is 6. The molecule has 0 aliphatic carbocycles. The Labute approximate surface area is 790 Å². The van der Waals surface area contributed by atoms with Crippen LogP contribution in [0.25, 0.3) is 270 Å². The van der Waals surface area contributed by atoms with Crippen molar-refractivity contribution in [2.24, 2.45) is 0 Å². The van der Waals surface area contributed by atoms with Gasteiger partial charge in [-0.3, -0.25) is 13.2 Å². The maximum Gasteiger partial charge on any atom is 0.145 e. The van der Waals surface area contributed by atoms with Crippen molar-refractivity contribution in [1.82, 2.24) is 28.2 Å². The van der Waals surface area contributed by atoms with Crippen molar-refractivity contribution >= 4 is 147 Å². The van der Waals surface area contributed by atoms with Gasteiger partial charge >= 0.3 is 0 Å². The molecule has 6 nitrogen and oxygen atoms in total. The lowest BCUT2D eigenvalue weighted by atomic mass is 9.85. The van der Waals surface area contributed by atoms with Crippen LogP contribution in [0.2, 0.25) is 0 Å². The molecule has 0 saturated heterocycles. The summed E-state index contributed by atoms with van der Waals surface area (Å²) in [6, 6.07) is 174. The van der Waals surface area contributed by atoms with Gasteiger partial charge in [-0.15, -0.1) is 0 Å². The second-order valence-corrected chi connectivity index (χ2v) is 36.1. The van der Waals surface area contributed by atoms with E-state index in [0.29, 0.717) is 0 Å². The summed E-state index contributed by atoms with van der Waals surface area (Å²) in [5, 5.41) is 22.7. The molecule has 6 aromatic heterocycles. The zero-order chi connectivity index (χ0) is 90.3. The van der Waals surface area contributed by atoms with Crippen molar-refractivity contribution in [3.63, 3.8) is 0 Å². The van der Waals surface area contributed by atoms with Crippen LogP contribution in [0.5, 0.6) is 0 Å². The van der Waals surface area contributed by atoms with E-state index in [0.717, 1.165) is 51.6 Å². The third kappa shape index (κ3) is 12.7. The van der Waals surface area contributed by atoms with E-state index in [9.17, 15) is 0 Å². The summed E-state index contributed by atoms with van der Waals surface area (Å²) in [5.74, 6) is 3.08. The molecule has 638 valence electrons. The number of para-hydroxylation sites is 4. The number of hydrogen-bond donors (Lipinski definition) is 0. The van der Waals surface area contributed by atoms with Crippen LogP contribution in [0.3, 0.4) is 0 Å². The predicted molar refractivity (Wildman–Crippen MR) is 578 cm³/mol. The smallest absolute Gasteiger partial charge is 0.145 e. The molecule has 0 atom stereocenters. The summed E-state index contributed by atoms with van der Waals surface area (Å²) in [4.78, 5) is 15.3. The Morgan fingerprint density at radius 2 is 0.416 bits per heavy atom. The molecule has 0 amide bonds. The molecule has 137 heavy (non-hydrogen) atoms. The molecule has 29 aromatic rings. The summed E-state index contributed by atoms with van der Waals surface area (Å²) >= 11 is 0. The molecule has 0 aliphatic rings. The minimum atomic E-state index is 0.901. The summed E-state index contributed by atoms with van der Waals surface area (Å²) in [5.41, 5.74) is 34.8. The summed E-state index contributed by atoms with van der Waals surface area (Å²) < 4.78 is 7.03. The lowest BCUT2D eigenvalue weighted by molar-refractivity contribution is 0.961. The van der Waals surface area contributed by atoms with Crippen LogP contribution in [0.15, 0.2) is 479 Å². The van der Waals surface area contributed by atoms with Gasteiger partial charge in [-0.2, -0.15) is 0 Å². The number of rotatable bonds is 12. The normalized spacial score (nSPS) is 11.9. The van der Waals surface area contributed by atoms with Gasteiger partial charge in [-0.25, -0.2) is 15.0 Å². The van der Waals surface area contributed by atoms with Gasteiger partial charge in [0, 0.05) is 49.9 Å². The van der Waals surface area contributed by atoms with E-state index >= 15 is 0 Å². The van der Waals surface area contributed by atoms with E-state index in [1.165, 1.54) is 230 Å². The van der Waals surface area contributed by atoms with Crippen LogP contribution in [-0.4, -0.2) is 28.2 Å². The summed E-state index contributed by atoms with van der Waals surface area (Å²) in [6.45, 7) is 2.19. The minimum Gasteiger partial charge on any atom is -0.295 e. The number of hydrogen-bond acceptors (Lipinski definition) is 3. The second kappa shape index (κ2) is 32.2. The third-order valence-electron chi connectivity index (χ3n) is 28.5. The molecule has 0 bridgehead atoms. The lowest BCUT2D eigenvalue weighted by Crippen LogP contribution is -1.92. The first-order valence-corrected chi connectivity index (χ1v) is 47.3. The van der Waals surface area contributed by atoms with Gasteiger partial charge in [-0.05, 0) is 225 Å². The Morgan fingerprint density at radius 1 is 0.153 bits per heavy atom. The monoisotopic (exact) mass is 1740 g/mol. The van der Waals surface area contributed by atoms with Gasteiger partial charge in [-0.1, -0.05) is 426 Å². The van der Waals surface area contributed by atoms with E-state index in [1.807, 2.05) is 0 Å². The van der Waals surface area contributed by atoms with Crippen molar-refractivity contribution in [3.05, 3.63) is 485 Å². The van der Waals surface area contributed by atoms with Gasteiger partial charge in [0.05, 0.1) is 49.7 Å². The molecular weight excluding hydrogens is 1660 g/mol. The fourth-order valence-electron chi connectivity index (χ4n) is 22.6. The molecule has 0 saturated carbocycles. The van der Waals surface area contributed by atoms with E-state index in [4.69, 9.17) is 15.0 Å². The van der Waals surface area contributed by atoms with Crippen molar-refractivity contribution < 1.29 is 0 Å². The van der Waals surface area contributed by atoms with E-state index in [1.54, 1.807) is 0 Å². The van der Waals surface area contributed by atoms with Crippen LogP contribution < -0.4 is 0 Å². The zero-order valence-electron chi connectivity index (χ0n) is 75.0. The molecule has 0 radical (unpaired) electrons. The van der Waals surface area contributed by atoms with Gasteiger partial charge in [0.1, 0.15) is 17.5 Å². The highest BCUT2D eigenvalue weighted by Crippen LogP contribution is 2.52. The Bertz CT molecular complexity index is 9720. The number of fused-ring (bicyclic) bond motifs is 15. The first-order valence-electron chi connectivity index (χ1n) is 47.3. The fraction of sp³-hybridized carbons (Fsp3) is 0.0153. The first-order chi connectivity index (χ1) is 68.0. The van der Waals surface area contributed by atoms with Crippen LogP contribution in [0, 0.1) is 0 Å². The highest BCUT2D eigenvalue weighted by atomic mass is 15.1. The summed E-state index contributed by atoms with van der Waals surface area (Å²) in [6.07, 6.45) is 0.901. The Kier molecular flexibility index (Phi) is 18.5. The van der Waals surface area contributed by atoms with E-state index < -0.39 is 0 Å². The van der Waals surface area contributed by atoms with Gasteiger partial charge in [0.25, 0.3) is 0 Å². The summed E-state index contributed by atoms with van der Waals surface area (Å²) in [7, 11) is 0. The molecule has 0 spiro atoms. The third-order valence-corrected chi connectivity index (χ3v) is 28.5. The largest absolute Gasteiger partial charge is 0.295 e. The standard InChI is InChI=1S/2C45H28N2.C41H28N2/c1-4-14-29(15-5-1)42-35-21-10-11-22-36(35)43(30-16-6-2-7-17-30)38-26-32(24-25-37(38)42)33-27-39-34-20-12-13-23-41(34)47-44(39)40(28-33)46-45(47)31-18-8-3-9-19-31;1-3-12-30(13-4-1)42-35-17-7-8-18-36(35)43(31-14-5-2-6-15-31)39-28-33(26-27-37(39)42)29-22-24-32(25-23-29)45-46-40-20-11-19-38-34-16-9-10-21-41(34)47(45)44(38)40;1-2-38-42-36-18-10-17-34-35-25-29(23-24-37(35)43(38)41(34)36)40-32-15-8-6-13-30(32)39(31-14-7-9-16-33(31)40)28-21-19-27(20-22-28)26-11-4-3-5-12-26/h2*1-28H;3-25H,2H2,1H3. The minimum absolute atomic E-state index is 0.901. The number of aryl methyl sites for hydroxylation is 1. The first kappa shape index (κ1) is 78.8. The maximum absolute atomic E-state index is 5.26. The molecule has 0 unspecified atom stereocenters. The molecule has 0 fully saturated rings. The topological polar surface area (TPSA) is 51.9 Å². The Morgan fingerprint density at radius 3 is 0.869 bits per heavy atom. The van der Waals surface area contributed by atoms with Crippen molar-refractivity contribution in [2.75, 3.05) is 0 Å². The number of benzene rings is 23. The van der Waals surface area contributed by atoms with Crippen LogP contribution in [-0.2, 0) is 6.42 Å². The highest BCUT2D eigenvalue weighted by molar-refractivity contribution is 6.27. The molecule has 6 heteroatoms. The molecule has 0 N–H and O–H groups in total. The second-order valence-electron chi connectivity index (χ2n) is 36.1. The average Bonchev–Trinajstić information content (AvgIpc) is 1.42. The quantitative estimate of drug-likeness (QED) is 0.115. The fourth-order valence-corrected chi connectivity index (χ4v) is 22.6. The van der Waals surface area contributed by atoms with E-state index in [-0.39, 0.29) is 0 Å². The van der Waals surface area contributed by atoms with Crippen molar-refractivity contribution in [2.45, 2.75) is 13.3 Å². The lowest BCUT2D eigenvalue weighted by Gasteiger charge is -2.18. The van der Waals surface area contributed by atoms with Gasteiger partial charge in [0.15, 0.2) is 0 Å². The zero-order valence-corrected chi connectivity index (χ0v) is 75.0. The molecule has 6 heterocycles. The Balaban J connectivity index is 0.000000104. The van der Waals surface area contributed by atoms with Crippen LogP contribution >= 0.6 is 0 Å². The molecule has 29 rings (SSSR count). The van der Waals surface area contributed by atoms with Gasteiger partial charge in [0.2, 0.25) is 0 Å². The maximum atomic E-state index is 5.26. The molecular formula is C131H84N6.